The van der Waals surface area contributed by atoms with Crippen LogP contribution in [-0.4, -0.2) is 40.4 Å². The molecule has 0 unspecified atom stereocenters. The monoisotopic (exact) mass is 373 g/mol. The number of hydrogen-bond acceptors (Lipinski definition) is 8. The average Bonchev–Trinajstić information content (AvgIpc) is 3.42. The zero-order valence-corrected chi connectivity index (χ0v) is 15.6. The quantitative estimate of drug-likeness (QED) is 0.247. The molecular weight excluding hydrogens is 354 g/mol. The molecule has 1 aromatic rings. The molecule has 0 aliphatic heterocycles. The molecule has 1 fully saturated rings. The number of hydrogen-bond donors (Lipinski definition) is 2. The van der Waals surface area contributed by atoms with Crippen molar-refractivity contribution in [2.75, 3.05) is 12.9 Å². The number of esters is 1. The van der Waals surface area contributed by atoms with Gasteiger partial charge in [-0.2, -0.15) is 5.26 Å². The third-order valence-electron chi connectivity index (χ3n) is 3.88. The largest absolute Gasteiger partial charge is 0.508 e. The smallest absolute Gasteiger partial charge is 0.340 e. The number of allylic oxidation sites excluding steroid dienone is 1. The molecule has 26 heavy (non-hydrogen) atoms. The minimum atomic E-state index is -0.779. The van der Waals surface area contributed by atoms with Crippen LogP contribution < -0.4 is 0 Å². The van der Waals surface area contributed by atoms with E-state index in [1.807, 2.05) is 6.07 Å². The highest BCUT2D eigenvalue weighted by molar-refractivity contribution is 7.98. The van der Waals surface area contributed by atoms with Crippen molar-refractivity contribution in [2.24, 2.45) is 0 Å². The molecule has 0 amide bonds. The number of thioether (sulfide) groups is 1. The van der Waals surface area contributed by atoms with E-state index in [0.29, 0.717) is 10.9 Å². The van der Waals surface area contributed by atoms with E-state index in [1.54, 1.807) is 12.3 Å². The van der Waals surface area contributed by atoms with Crippen LogP contribution in [0.15, 0.2) is 22.4 Å². The van der Waals surface area contributed by atoms with Gasteiger partial charge in [0.1, 0.15) is 23.5 Å². The van der Waals surface area contributed by atoms with E-state index in [1.165, 1.54) is 25.6 Å². The molecule has 2 N–H and O–H groups in total. The number of carbonyl (C=O) groups is 2. The number of Topliss-reactive ketones (excluding diaryl/α,β-unsaturated/α-hetero) is 1. The molecule has 0 aromatic carbocycles. The van der Waals surface area contributed by atoms with Crippen molar-refractivity contribution in [1.82, 2.24) is 4.98 Å². The first-order valence-corrected chi connectivity index (χ1v) is 9.17. The first-order valence-electron chi connectivity index (χ1n) is 7.94. The van der Waals surface area contributed by atoms with Crippen LogP contribution in [0.25, 0.3) is 0 Å². The molecule has 0 saturated heterocycles. The molecule has 0 atom stereocenters. The van der Waals surface area contributed by atoms with Gasteiger partial charge in [0.2, 0.25) is 0 Å². The summed E-state index contributed by atoms with van der Waals surface area (Å²) in [5.41, 5.74) is 0.674. The zero-order valence-electron chi connectivity index (χ0n) is 14.8. The summed E-state index contributed by atoms with van der Waals surface area (Å²) in [5.74, 6) is -1.47. The van der Waals surface area contributed by atoms with Crippen LogP contribution in [0.2, 0.25) is 0 Å². The van der Waals surface area contributed by atoms with E-state index in [4.69, 9.17) is 10.1 Å². The van der Waals surface area contributed by atoms with Crippen molar-refractivity contribution < 1.29 is 19.4 Å². The summed E-state index contributed by atoms with van der Waals surface area (Å²) in [6.07, 6.45) is 3.76. The lowest BCUT2D eigenvalue weighted by Gasteiger charge is -2.11. The summed E-state index contributed by atoms with van der Waals surface area (Å²) in [6, 6.07) is 3.54. The fourth-order valence-electron chi connectivity index (χ4n) is 2.51. The summed E-state index contributed by atoms with van der Waals surface area (Å²) < 4.78 is 5.08. The van der Waals surface area contributed by atoms with Gasteiger partial charge in [-0.1, -0.05) is 0 Å². The van der Waals surface area contributed by atoms with Crippen LogP contribution >= 0.6 is 11.8 Å². The van der Waals surface area contributed by atoms with E-state index in [-0.39, 0.29) is 22.4 Å². The molecule has 2 rings (SSSR count). The summed E-state index contributed by atoms with van der Waals surface area (Å²) in [5, 5.41) is 27.4. The van der Waals surface area contributed by atoms with Crippen molar-refractivity contribution in [3.63, 3.8) is 0 Å². The third kappa shape index (κ3) is 4.29. The Morgan fingerprint density at radius 2 is 2.12 bits per heavy atom. The molecule has 0 spiro atoms. The fourth-order valence-corrected chi connectivity index (χ4v) is 3.07. The SMILES string of the molecule is CSc1nc(C2CC2)cc(C(=O)OC/C(O)=C(\C(C)=N)C(C)=O)c1C#N. The van der Waals surface area contributed by atoms with E-state index in [2.05, 4.69) is 4.98 Å². The standard InChI is InChI=1S/C18H19N3O4S/c1-9(20)16(10(2)22)15(23)8-25-18(24)12-6-14(11-4-5-11)21-17(26-3)13(12)7-19/h6,11,20,23H,4-5,8H2,1-3H3/b16-15-,20-9?. The van der Waals surface area contributed by atoms with E-state index < -0.39 is 24.1 Å². The van der Waals surface area contributed by atoms with Crippen LogP contribution in [0.1, 0.15) is 54.2 Å². The molecule has 1 aliphatic rings. The number of rotatable bonds is 7. The van der Waals surface area contributed by atoms with Gasteiger partial charge < -0.3 is 15.3 Å². The van der Waals surface area contributed by atoms with Crippen LogP contribution in [0.3, 0.4) is 0 Å². The minimum absolute atomic E-state index is 0.0949. The maximum Gasteiger partial charge on any atom is 0.340 e. The Morgan fingerprint density at radius 1 is 1.46 bits per heavy atom. The first kappa shape index (κ1) is 19.7. The second-order valence-corrected chi connectivity index (χ2v) is 6.74. The van der Waals surface area contributed by atoms with Crippen molar-refractivity contribution in [1.29, 1.82) is 10.7 Å². The topological polar surface area (TPSA) is 124 Å². The second-order valence-electron chi connectivity index (χ2n) is 5.94. The number of aliphatic hydroxyl groups excluding tert-OH is 1. The molecule has 0 bridgehead atoms. The summed E-state index contributed by atoms with van der Waals surface area (Å²) in [6.45, 7) is 2.03. The van der Waals surface area contributed by atoms with Gasteiger partial charge in [0.25, 0.3) is 0 Å². The highest BCUT2D eigenvalue weighted by atomic mass is 32.2. The third-order valence-corrected chi connectivity index (χ3v) is 4.56. The number of pyridine rings is 1. The number of nitriles is 1. The van der Waals surface area contributed by atoms with E-state index in [0.717, 1.165) is 18.5 Å². The maximum absolute atomic E-state index is 12.5. The van der Waals surface area contributed by atoms with Gasteiger partial charge in [-0.05, 0) is 39.0 Å². The van der Waals surface area contributed by atoms with Gasteiger partial charge in [0, 0.05) is 17.3 Å². The van der Waals surface area contributed by atoms with Crippen molar-refractivity contribution in [2.45, 2.75) is 37.6 Å². The number of ether oxygens (including phenoxy) is 1. The van der Waals surface area contributed by atoms with Crippen molar-refractivity contribution >= 4 is 29.2 Å². The lowest BCUT2D eigenvalue weighted by Crippen LogP contribution is -2.16. The van der Waals surface area contributed by atoms with Gasteiger partial charge >= 0.3 is 5.97 Å². The summed E-state index contributed by atoms with van der Waals surface area (Å²) in [4.78, 5) is 28.4. The normalized spacial score (nSPS) is 14.2. The molecule has 0 radical (unpaired) electrons. The van der Waals surface area contributed by atoms with Crippen molar-refractivity contribution in [3.8, 4) is 6.07 Å². The fraction of sp³-hybridized carbons (Fsp3) is 0.389. The lowest BCUT2D eigenvalue weighted by molar-refractivity contribution is -0.113. The second kappa shape index (κ2) is 8.15. The number of nitrogens with zero attached hydrogens (tertiary/aromatic N) is 2. The van der Waals surface area contributed by atoms with Crippen molar-refractivity contribution in [3.05, 3.63) is 34.2 Å². The molecule has 8 heteroatoms. The molecule has 1 aliphatic carbocycles. The molecular formula is C18H19N3O4S. The minimum Gasteiger partial charge on any atom is -0.508 e. The highest BCUT2D eigenvalue weighted by Gasteiger charge is 2.29. The number of carbonyl (C=O) groups excluding carboxylic acids is 2. The van der Waals surface area contributed by atoms with Gasteiger partial charge in [-0.3, -0.25) is 4.79 Å². The Kier molecular flexibility index (Phi) is 6.16. The zero-order chi connectivity index (χ0) is 19.4. The maximum atomic E-state index is 12.5. The predicted molar refractivity (Wildman–Crippen MR) is 96.7 cm³/mol. The van der Waals surface area contributed by atoms with Gasteiger partial charge in [-0.15, -0.1) is 11.8 Å². The van der Waals surface area contributed by atoms with E-state index >= 15 is 0 Å². The first-order chi connectivity index (χ1) is 12.3. The highest BCUT2D eigenvalue weighted by Crippen LogP contribution is 2.40. The molecule has 1 heterocycles. The Balaban J connectivity index is 2.31. The molecule has 136 valence electrons. The van der Waals surface area contributed by atoms with E-state index in [9.17, 15) is 20.0 Å². The number of nitrogens with one attached hydrogen (secondary N) is 1. The molecule has 1 saturated carbocycles. The van der Waals surface area contributed by atoms with Gasteiger partial charge in [0.15, 0.2) is 5.78 Å². The number of ketones is 1. The Morgan fingerprint density at radius 3 is 2.58 bits per heavy atom. The number of aliphatic hydroxyl groups is 1. The lowest BCUT2D eigenvalue weighted by atomic mass is 10.1. The predicted octanol–water partition coefficient (Wildman–Crippen LogP) is 3.15. The Bertz CT molecular complexity index is 835. The van der Waals surface area contributed by atoms with Gasteiger partial charge in [-0.25, -0.2) is 9.78 Å². The molecule has 1 aromatic heterocycles. The van der Waals surface area contributed by atoms with Gasteiger partial charge in [0.05, 0.1) is 16.7 Å². The van der Waals surface area contributed by atoms with Crippen LogP contribution in [0.5, 0.6) is 0 Å². The Labute approximate surface area is 155 Å². The summed E-state index contributed by atoms with van der Waals surface area (Å²) >= 11 is 1.28. The number of aromatic nitrogens is 1. The Hall–Kier alpha value is -2.66. The van der Waals surface area contributed by atoms with Crippen LogP contribution in [-0.2, 0) is 9.53 Å². The summed E-state index contributed by atoms with van der Waals surface area (Å²) in [7, 11) is 0. The molecule has 7 nitrogen and oxygen atoms in total. The average molecular weight is 373 g/mol. The van der Waals surface area contributed by atoms with Crippen LogP contribution in [0.4, 0.5) is 0 Å². The van der Waals surface area contributed by atoms with Crippen LogP contribution in [0, 0.1) is 16.7 Å².